The molecule has 1 heterocycles. The predicted octanol–water partition coefficient (Wildman–Crippen LogP) is 3.76. The summed E-state index contributed by atoms with van der Waals surface area (Å²) in [6.07, 6.45) is 1.25. The van der Waals surface area contributed by atoms with E-state index in [1.807, 2.05) is 50.2 Å². The van der Waals surface area contributed by atoms with E-state index in [0.717, 1.165) is 10.8 Å². The second-order valence-corrected chi connectivity index (χ2v) is 7.53. The van der Waals surface area contributed by atoms with Gasteiger partial charge in [-0.15, -0.1) is 0 Å². The number of fused-ring (bicyclic) bond motifs is 1. The monoisotopic (exact) mass is 367 g/mol. The Labute approximate surface area is 159 Å². The molecule has 3 rings (SSSR count). The molecule has 0 bridgehead atoms. The molecule has 142 valence electrons. The van der Waals surface area contributed by atoms with E-state index in [4.69, 9.17) is 0 Å². The first-order chi connectivity index (χ1) is 12.9. The van der Waals surface area contributed by atoms with E-state index in [1.54, 1.807) is 6.07 Å². The van der Waals surface area contributed by atoms with Gasteiger partial charge in [-0.05, 0) is 29.5 Å². The maximum atomic E-state index is 13.0. The van der Waals surface area contributed by atoms with Gasteiger partial charge in [0.05, 0.1) is 0 Å². The molecule has 1 fully saturated rings. The molecule has 0 saturated carbocycles. The standard InChI is InChI=1S/C22H25NO4/c1-14(2)18(21(25)23-12-6-11-19(23)22(26)27)13-20(24)17-10-5-8-15-7-3-4-9-16(15)17/h3-5,7-10,14,18-19H,6,11-13H2,1-2H3,(H,26,27)/t18-,19-/m0/s1. The van der Waals surface area contributed by atoms with Crippen LogP contribution in [-0.4, -0.2) is 40.3 Å². The van der Waals surface area contributed by atoms with Crippen LogP contribution in [0.2, 0.25) is 0 Å². The first-order valence-corrected chi connectivity index (χ1v) is 9.44. The van der Waals surface area contributed by atoms with Crippen molar-refractivity contribution in [2.45, 2.75) is 39.2 Å². The van der Waals surface area contributed by atoms with Gasteiger partial charge in [-0.25, -0.2) is 4.79 Å². The molecule has 1 amide bonds. The second-order valence-electron chi connectivity index (χ2n) is 7.53. The summed E-state index contributed by atoms with van der Waals surface area (Å²) >= 11 is 0. The number of hydrogen-bond acceptors (Lipinski definition) is 3. The third-order valence-corrected chi connectivity index (χ3v) is 5.44. The van der Waals surface area contributed by atoms with E-state index in [2.05, 4.69) is 0 Å². The molecular weight excluding hydrogens is 342 g/mol. The van der Waals surface area contributed by atoms with E-state index < -0.39 is 17.9 Å². The average Bonchev–Trinajstić information content (AvgIpc) is 3.15. The summed E-state index contributed by atoms with van der Waals surface area (Å²) in [6.45, 7) is 4.26. The molecule has 0 aromatic heterocycles. The molecule has 0 radical (unpaired) electrons. The topological polar surface area (TPSA) is 74.7 Å². The van der Waals surface area contributed by atoms with E-state index in [1.165, 1.54) is 4.90 Å². The minimum atomic E-state index is -0.969. The number of nitrogens with zero attached hydrogens (tertiary/aromatic N) is 1. The van der Waals surface area contributed by atoms with Gasteiger partial charge in [0.15, 0.2) is 5.78 Å². The van der Waals surface area contributed by atoms with Crippen LogP contribution in [0.4, 0.5) is 0 Å². The number of Topliss-reactive ketones (excluding diaryl/α,β-unsaturated/α-hetero) is 1. The minimum absolute atomic E-state index is 0.0496. The largest absolute Gasteiger partial charge is 0.480 e. The van der Waals surface area contributed by atoms with Crippen LogP contribution in [0.1, 0.15) is 43.5 Å². The lowest BCUT2D eigenvalue weighted by atomic mass is 9.86. The van der Waals surface area contributed by atoms with Crippen LogP contribution in [0.3, 0.4) is 0 Å². The van der Waals surface area contributed by atoms with Crippen molar-refractivity contribution in [1.82, 2.24) is 4.90 Å². The molecule has 1 N–H and O–H groups in total. The van der Waals surface area contributed by atoms with Gasteiger partial charge in [0.1, 0.15) is 6.04 Å². The summed E-state index contributed by atoms with van der Waals surface area (Å²) < 4.78 is 0. The number of ketones is 1. The van der Waals surface area contributed by atoms with Crippen molar-refractivity contribution < 1.29 is 19.5 Å². The number of carbonyl (C=O) groups is 3. The fraction of sp³-hybridized carbons (Fsp3) is 0.409. The molecule has 0 unspecified atom stereocenters. The Morgan fingerprint density at radius 2 is 1.81 bits per heavy atom. The van der Waals surface area contributed by atoms with Crippen LogP contribution in [-0.2, 0) is 9.59 Å². The number of likely N-dealkylation sites (tertiary alicyclic amines) is 1. The highest BCUT2D eigenvalue weighted by Crippen LogP contribution is 2.28. The number of carboxylic acids is 1. The molecule has 1 aliphatic rings. The van der Waals surface area contributed by atoms with Crippen molar-refractivity contribution in [1.29, 1.82) is 0 Å². The van der Waals surface area contributed by atoms with Crippen molar-refractivity contribution in [3.05, 3.63) is 48.0 Å². The van der Waals surface area contributed by atoms with Crippen molar-refractivity contribution in [3.63, 3.8) is 0 Å². The molecule has 1 aliphatic heterocycles. The Kier molecular flexibility index (Phi) is 5.59. The predicted molar refractivity (Wildman–Crippen MR) is 104 cm³/mol. The van der Waals surface area contributed by atoms with Crippen LogP contribution >= 0.6 is 0 Å². The Balaban J connectivity index is 1.85. The van der Waals surface area contributed by atoms with Gasteiger partial charge in [0, 0.05) is 24.4 Å². The molecule has 0 spiro atoms. The van der Waals surface area contributed by atoms with Crippen LogP contribution in [0.25, 0.3) is 10.8 Å². The zero-order chi connectivity index (χ0) is 19.6. The molecule has 2 aromatic carbocycles. The summed E-state index contributed by atoms with van der Waals surface area (Å²) in [7, 11) is 0. The van der Waals surface area contributed by atoms with Gasteiger partial charge in [-0.1, -0.05) is 56.3 Å². The fourth-order valence-corrected chi connectivity index (χ4v) is 3.89. The van der Waals surface area contributed by atoms with E-state index in [9.17, 15) is 19.5 Å². The number of carbonyl (C=O) groups excluding carboxylic acids is 2. The molecule has 27 heavy (non-hydrogen) atoms. The summed E-state index contributed by atoms with van der Waals surface area (Å²) in [4.78, 5) is 38.9. The smallest absolute Gasteiger partial charge is 0.326 e. The number of aliphatic carboxylic acids is 1. The van der Waals surface area contributed by atoms with Gasteiger partial charge >= 0.3 is 5.97 Å². The molecule has 0 aliphatic carbocycles. The molecule has 5 heteroatoms. The molecule has 5 nitrogen and oxygen atoms in total. The summed E-state index contributed by atoms with van der Waals surface area (Å²) in [5.41, 5.74) is 0.614. The Morgan fingerprint density at radius 3 is 2.52 bits per heavy atom. The Bertz CT molecular complexity index is 868. The number of rotatable bonds is 6. The van der Waals surface area contributed by atoms with E-state index in [0.29, 0.717) is 24.9 Å². The van der Waals surface area contributed by atoms with Crippen molar-refractivity contribution in [2.75, 3.05) is 6.54 Å². The highest BCUT2D eigenvalue weighted by Gasteiger charge is 2.38. The first-order valence-electron chi connectivity index (χ1n) is 9.44. The van der Waals surface area contributed by atoms with Gasteiger partial charge in [0.25, 0.3) is 0 Å². The average molecular weight is 367 g/mol. The highest BCUT2D eigenvalue weighted by molar-refractivity contribution is 6.09. The molecule has 1 saturated heterocycles. The number of amides is 1. The zero-order valence-corrected chi connectivity index (χ0v) is 15.7. The lowest BCUT2D eigenvalue weighted by Crippen LogP contribution is -2.45. The summed E-state index contributed by atoms with van der Waals surface area (Å²) in [5.74, 6) is -1.83. The SMILES string of the molecule is CC(C)[C@H](CC(=O)c1cccc2ccccc12)C(=O)N1CCC[C@H]1C(=O)O. The van der Waals surface area contributed by atoms with Crippen LogP contribution < -0.4 is 0 Å². The summed E-state index contributed by atoms with van der Waals surface area (Å²) in [6, 6.07) is 12.5. The zero-order valence-electron chi connectivity index (χ0n) is 15.7. The van der Waals surface area contributed by atoms with E-state index >= 15 is 0 Å². The molecule has 2 atom stereocenters. The number of hydrogen-bond donors (Lipinski definition) is 1. The normalized spacial score (nSPS) is 18.0. The lowest BCUT2D eigenvalue weighted by molar-refractivity contribution is -0.150. The maximum Gasteiger partial charge on any atom is 0.326 e. The van der Waals surface area contributed by atoms with Crippen LogP contribution in [0.5, 0.6) is 0 Å². The number of benzene rings is 2. The van der Waals surface area contributed by atoms with E-state index in [-0.39, 0.29) is 24.0 Å². The molecule has 2 aromatic rings. The third kappa shape index (κ3) is 3.87. The fourth-order valence-electron chi connectivity index (χ4n) is 3.89. The van der Waals surface area contributed by atoms with Crippen molar-refractivity contribution in [3.8, 4) is 0 Å². The van der Waals surface area contributed by atoms with Crippen molar-refractivity contribution in [2.24, 2.45) is 11.8 Å². The quantitative estimate of drug-likeness (QED) is 0.789. The van der Waals surface area contributed by atoms with Gasteiger partial charge in [-0.3, -0.25) is 9.59 Å². The molecular formula is C22H25NO4. The third-order valence-electron chi connectivity index (χ3n) is 5.44. The first kappa shape index (κ1) is 19.1. The van der Waals surface area contributed by atoms with Crippen molar-refractivity contribution >= 4 is 28.4 Å². The minimum Gasteiger partial charge on any atom is -0.480 e. The second kappa shape index (κ2) is 7.91. The van der Waals surface area contributed by atoms with Crippen LogP contribution in [0, 0.1) is 11.8 Å². The Morgan fingerprint density at radius 1 is 1.11 bits per heavy atom. The van der Waals surface area contributed by atoms with Crippen LogP contribution in [0.15, 0.2) is 42.5 Å². The maximum absolute atomic E-state index is 13.0. The van der Waals surface area contributed by atoms with Gasteiger partial charge in [-0.2, -0.15) is 0 Å². The van der Waals surface area contributed by atoms with Gasteiger partial charge in [0.2, 0.25) is 5.91 Å². The lowest BCUT2D eigenvalue weighted by Gasteiger charge is -2.28. The number of carboxylic acid groups (broad SMARTS) is 1. The van der Waals surface area contributed by atoms with Gasteiger partial charge < -0.3 is 10.0 Å². The highest BCUT2D eigenvalue weighted by atomic mass is 16.4. The summed E-state index contributed by atoms with van der Waals surface area (Å²) in [5, 5.41) is 11.2. The Hall–Kier alpha value is -2.69.